The fourth-order valence-electron chi connectivity index (χ4n) is 3.62. The van der Waals surface area contributed by atoms with Crippen molar-refractivity contribution in [3.05, 3.63) is 35.6 Å². The second-order valence-electron chi connectivity index (χ2n) is 7.02. The zero-order valence-electron chi connectivity index (χ0n) is 14.2. The average Bonchev–Trinajstić information content (AvgIpc) is 2.55. The topological polar surface area (TPSA) is 0 Å². The van der Waals surface area contributed by atoms with Crippen LogP contribution in [0.2, 0.25) is 18.1 Å². The Labute approximate surface area is 138 Å². The molecule has 0 nitrogen and oxygen atoms in total. The van der Waals surface area contributed by atoms with Crippen LogP contribution < -0.4 is 0 Å². The molecule has 0 amide bonds. The summed E-state index contributed by atoms with van der Waals surface area (Å²) in [5.74, 6) is 0.812. The molecule has 0 unspecified atom stereocenters. The second kappa shape index (κ2) is 10.2. The van der Waals surface area contributed by atoms with Crippen molar-refractivity contribution in [3.8, 4) is 0 Å². The SMILES string of the molecule is CCCCCCC[Si]1CCC(CCc2ccc(F)cc2)CC1. The highest BCUT2D eigenvalue weighted by Gasteiger charge is 2.21. The Balaban J connectivity index is 1.56. The third kappa shape index (κ3) is 6.64. The summed E-state index contributed by atoms with van der Waals surface area (Å²) >= 11 is 0. The Hall–Kier alpha value is -0.633. The molecule has 1 aromatic carbocycles. The van der Waals surface area contributed by atoms with E-state index in [2.05, 4.69) is 6.92 Å². The number of unbranched alkanes of at least 4 members (excludes halogenated alkanes) is 4. The highest BCUT2D eigenvalue weighted by molar-refractivity contribution is 6.58. The predicted molar refractivity (Wildman–Crippen MR) is 96.4 cm³/mol. The zero-order chi connectivity index (χ0) is 15.6. The zero-order valence-corrected chi connectivity index (χ0v) is 15.2. The summed E-state index contributed by atoms with van der Waals surface area (Å²) in [6.45, 7) is 2.29. The van der Waals surface area contributed by atoms with Gasteiger partial charge in [0.15, 0.2) is 0 Å². The molecule has 0 aliphatic carbocycles. The van der Waals surface area contributed by atoms with E-state index in [9.17, 15) is 4.39 Å². The van der Waals surface area contributed by atoms with Crippen LogP contribution in [-0.2, 0) is 6.42 Å². The Morgan fingerprint density at radius 1 is 1.00 bits per heavy atom. The van der Waals surface area contributed by atoms with Gasteiger partial charge in [0.25, 0.3) is 0 Å². The standard InChI is InChI=1S/C20H32FSi/c1-2-3-4-5-6-15-22-16-13-19(14-17-22)8-7-18-9-11-20(21)12-10-18/h9-12,19H,2-8,13-17H2,1H3. The van der Waals surface area contributed by atoms with Crippen LogP contribution in [-0.4, -0.2) is 8.80 Å². The predicted octanol–water partition coefficient (Wildman–Crippen LogP) is 6.63. The molecule has 1 aliphatic rings. The summed E-state index contributed by atoms with van der Waals surface area (Å²) in [6.07, 6.45) is 12.5. The van der Waals surface area contributed by atoms with Crippen molar-refractivity contribution in [2.24, 2.45) is 5.92 Å². The lowest BCUT2D eigenvalue weighted by molar-refractivity contribution is 0.436. The van der Waals surface area contributed by atoms with Crippen molar-refractivity contribution >= 4 is 8.80 Å². The Kier molecular flexibility index (Phi) is 8.21. The van der Waals surface area contributed by atoms with Crippen LogP contribution in [0.3, 0.4) is 0 Å². The summed E-state index contributed by atoms with van der Waals surface area (Å²) < 4.78 is 12.9. The molecule has 0 N–H and O–H groups in total. The first-order valence-corrected chi connectivity index (χ1v) is 11.5. The fraction of sp³-hybridized carbons (Fsp3) is 0.700. The van der Waals surface area contributed by atoms with Crippen LogP contribution in [0.5, 0.6) is 0 Å². The molecular weight excluding hydrogens is 287 g/mol. The van der Waals surface area contributed by atoms with Crippen LogP contribution in [0.4, 0.5) is 4.39 Å². The molecule has 0 atom stereocenters. The minimum Gasteiger partial charge on any atom is -0.207 e. The van der Waals surface area contributed by atoms with Gasteiger partial charge in [-0.3, -0.25) is 0 Å². The number of benzene rings is 1. The monoisotopic (exact) mass is 319 g/mol. The van der Waals surface area contributed by atoms with Crippen molar-refractivity contribution in [2.75, 3.05) is 0 Å². The van der Waals surface area contributed by atoms with E-state index in [0.29, 0.717) is 0 Å². The fourth-order valence-corrected chi connectivity index (χ4v) is 6.76. The van der Waals surface area contributed by atoms with Crippen LogP contribution in [0.1, 0.15) is 63.9 Å². The van der Waals surface area contributed by atoms with Crippen molar-refractivity contribution in [1.29, 1.82) is 0 Å². The van der Waals surface area contributed by atoms with E-state index in [-0.39, 0.29) is 14.6 Å². The molecule has 0 saturated carbocycles. The summed E-state index contributed by atoms with van der Waals surface area (Å²) in [4.78, 5) is 0. The lowest BCUT2D eigenvalue weighted by Gasteiger charge is -2.27. The Bertz CT molecular complexity index is 393. The summed E-state index contributed by atoms with van der Waals surface area (Å²) in [7, 11) is -0.00472. The Morgan fingerprint density at radius 3 is 2.36 bits per heavy atom. The molecule has 2 heteroatoms. The Morgan fingerprint density at radius 2 is 1.68 bits per heavy atom. The minimum absolute atomic E-state index is 0.00472. The molecule has 2 rings (SSSR count). The van der Waals surface area contributed by atoms with E-state index in [1.54, 1.807) is 30.3 Å². The van der Waals surface area contributed by atoms with Gasteiger partial charge in [-0.25, -0.2) is 4.39 Å². The number of hydrogen-bond acceptors (Lipinski definition) is 0. The summed E-state index contributed by atoms with van der Waals surface area (Å²) in [6, 6.07) is 11.7. The molecule has 0 aromatic heterocycles. The van der Waals surface area contributed by atoms with Gasteiger partial charge in [-0.15, -0.1) is 0 Å². The van der Waals surface area contributed by atoms with Gasteiger partial charge in [-0.05, 0) is 36.5 Å². The third-order valence-corrected chi connectivity index (χ3v) is 8.25. The average molecular weight is 320 g/mol. The molecule has 1 fully saturated rings. The van der Waals surface area contributed by atoms with E-state index >= 15 is 0 Å². The highest BCUT2D eigenvalue weighted by Crippen LogP contribution is 2.31. The smallest absolute Gasteiger partial charge is 0.123 e. The van der Waals surface area contributed by atoms with Crippen molar-refractivity contribution in [3.63, 3.8) is 0 Å². The van der Waals surface area contributed by atoms with E-state index in [0.717, 1.165) is 12.3 Å². The van der Waals surface area contributed by atoms with Crippen molar-refractivity contribution in [1.82, 2.24) is 0 Å². The minimum atomic E-state index is -0.118. The first-order valence-electron chi connectivity index (χ1n) is 9.36. The van der Waals surface area contributed by atoms with Gasteiger partial charge < -0.3 is 0 Å². The van der Waals surface area contributed by atoms with Crippen molar-refractivity contribution in [2.45, 2.75) is 82.8 Å². The second-order valence-corrected chi connectivity index (χ2v) is 10.0. The van der Waals surface area contributed by atoms with E-state index in [1.165, 1.54) is 56.9 Å². The van der Waals surface area contributed by atoms with Gasteiger partial charge >= 0.3 is 0 Å². The lowest BCUT2D eigenvalue weighted by Crippen LogP contribution is -2.21. The number of rotatable bonds is 9. The summed E-state index contributed by atoms with van der Waals surface area (Å²) in [5, 5.41) is 0. The van der Waals surface area contributed by atoms with E-state index in [4.69, 9.17) is 0 Å². The number of aryl methyl sites for hydroxylation is 1. The first kappa shape index (κ1) is 17.7. The molecule has 1 heterocycles. The molecule has 1 saturated heterocycles. The molecule has 123 valence electrons. The van der Waals surface area contributed by atoms with Gasteiger partial charge in [0.05, 0.1) is 0 Å². The number of halogens is 1. The molecule has 1 radical (unpaired) electrons. The molecule has 0 spiro atoms. The summed E-state index contributed by atoms with van der Waals surface area (Å²) in [5.41, 5.74) is 1.30. The maximum absolute atomic E-state index is 12.9. The maximum Gasteiger partial charge on any atom is 0.123 e. The quantitative estimate of drug-likeness (QED) is 0.354. The van der Waals surface area contributed by atoms with Gasteiger partial charge in [0, 0.05) is 8.80 Å². The van der Waals surface area contributed by atoms with Crippen molar-refractivity contribution < 1.29 is 4.39 Å². The molecular formula is C20H32FSi. The third-order valence-electron chi connectivity index (χ3n) is 5.20. The van der Waals surface area contributed by atoms with Gasteiger partial charge in [-0.1, -0.05) is 82.1 Å². The number of hydrogen-bond donors (Lipinski definition) is 0. The van der Waals surface area contributed by atoms with Gasteiger partial charge in [0.1, 0.15) is 5.82 Å². The normalized spacial score (nSPS) is 17.0. The van der Waals surface area contributed by atoms with Gasteiger partial charge in [-0.2, -0.15) is 0 Å². The van der Waals surface area contributed by atoms with E-state index in [1.807, 2.05) is 12.1 Å². The molecule has 1 aromatic rings. The van der Waals surface area contributed by atoms with Crippen LogP contribution in [0, 0.1) is 11.7 Å². The van der Waals surface area contributed by atoms with Gasteiger partial charge in [0.2, 0.25) is 0 Å². The van der Waals surface area contributed by atoms with Crippen LogP contribution in [0.15, 0.2) is 24.3 Å². The highest BCUT2D eigenvalue weighted by atomic mass is 28.3. The molecule has 0 bridgehead atoms. The first-order chi connectivity index (χ1) is 10.8. The van der Waals surface area contributed by atoms with E-state index < -0.39 is 0 Å². The van der Waals surface area contributed by atoms with Crippen LogP contribution >= 0.6 is 0 Å². The largest absolute Gasteiger partial charge is 0.207 e. The van der Waals surface area contributed by atoms with Crippen LogP contribution in [0.25, 0.3) is 0 Å². The molecule has 22 heavy (non-hydrogen) atoms. The molecule has 1 aliphatic heterocycles. The lowest BCUT2D eigenvalue weighted by atomic mass is 9.94. The maximum atomic E-state index is 12.9.